The Morgan fingerprint density at radius 3 is 2.14 bits per heavy atom. The predicted molar refractivity (Wildman–Crippen MR) is 137 cm³/mol. The van der Waals surface area contributed by atoms with Crippen LogP contribution in [0, 0.1) is 0 Å². The molecule has 6 nitrogen and oxygen atoms in total. The van der Waals surface area contributed by atoms with Gasteiger partial charge in [-0.05, 0) is 60.2 Å². The molecule has 1 saturated heterocycles. The Morgan fingerprint density at radius 1 is 0.886 bits per heavy atom. The highest BCUT2D eigenvalue weighted by atomic mass is 32.2. The van der Waals surface area contributed by atoms with E-state index in [2.05, 4.69) is 5.32 Å². The number of aryl methyl sites for hydroxylation is 1. The Labute approximate surface area is 208 Å². The summed E-state index contributed by atoms with van der Waals surface area (Å²) in [7, 11) is -1.82. The minimum Gasteiger partial charge on any atom is -0.497 e. The summed E-state index contributed by atoms with van der Waals surface area (Å²) in [5.41, 5.74) is 2.90. The normalized spacial score (nSPS) is 15.3. The van der Waals surface area contributed by atoms with Gasteiger partial charge in [0.05, 0.1) is 18.0 Å². The van der Waals surface area contributed by atoms with Crippen LogP contribution in [-0.4, -0.2) is 38.8 Å². The molecule has 184 valence electrons. The fraction of sp³-hybridized carbons (Fsp3) is 0.321. The second-order valence-electron chi connectivity index (χ2n) is 8.79. The molecular formula is C28H32N2O4S. The molecule has 35 heavy (non-hydrogen) atoms. The van der Waals surface area contributed by atoms with Gasteiger partial charge in [0.15, 0.2) is 0 Å². The lowest BCUT2D eigenvalue weighted by molar-refractivity contribution is -0.121. The van der Waals surface area contributed by atoms with Crippen molar-refractivity contribution in [3.63, 3.8) is 0 Å². The van der Waals surface area contributed by atoms with Crippen molar-refractivity contribution >= 4 is 15.9 Å². The smallest absolute Gasteiger partial charge is 0.243 e. The third-order valence-corrected chi connectivity index (χ3v) is 8.32. The summed E-state index contributed by atoms with van der Waals surface area (Å²) in [5.74, 6) is 0.692. The van der Waals surface area contributed by atoms with Gasteiger partial charge in [-0.1, -0.05) is 61.0 Å². The number of carbonyl (C=O) groups excluding carboxylic acids is 1. The monoisotopic (exact) mass is 492 g/mol. The molecule has 1 unspecified atom stereocenters. The van der Waals surface area contributed by atoms with E-state index in [0.717, 1.165) is 41.7 Å². The molecule has 4 rings (SSSR count). The van der Waals surface area contributed by atoms with Crippen LogP contribution >= 0.6 is 0 Å². The van der Waals surface area contributed by atoms with Crippen molar-refractivity contribution < 1.29 is 17.9 Å². The maximum Gasteiger partial charge on any atom is 0.243 e. The van der Waals surface area contributed by atoms with Gasteiger partial charge in [0.1, 0.15) is 5.75 Å². The van der Waals surface area contributed by atoms with Gasteiger partial charge >= 0.3 is 0 Å². The zero-order chi connectivity index (χ0) is 24.7. The number of carbonyl (C=O) groups is 1. The standard InChI is InChI=1S/C28H32N2O4S/c1-34-25-15-13-24(14-16-25)28(23-8-4-2-5-9-23)29-27(31)19-12-22-10-17-26(18-11-22)35(32,33)30-20-6-3-7-21-30/h2,4-5,8-11,13-18,28H,3,6-7,12,19-21H2,1H3,(H,29,31). The summed E-state index contributed by atoms with van der Waals surface area (Å²) >= 11 is 0. The van der Waals surface area contributed by atoms with Gasteiger partial charge in [0.25, 0.3) is 0 Å². The van der Waals surface area contributed by atoms with Crippen molar-refractivity contribution in [1.82, 2.24) is 9.62 Å². The number of piperidine rings is 1. The Hall–Kier alpha value is -3.16. The fourth-order valence-electron chi connectivity index (χ4n) is 4.37. The number of nitrogens with zero attached hydrogens (tertiary/aromatic N) is 1. The minimum atomic E-state index is -3.45. The van der Waals surface area contributed by atoms with Gasteiger partial charge in [-0.3, -0.25) is 4.79 Å². The number of methoxy groups -OCH3 is 1. The van der Waals surface area contributed by atoms with E-state index in [-0.39, 0.29) is 11.9 Å². The average Bonchev–Trinajstić information content (AvgIpc) is 2.92. The highest BCUT2D eigenvalue weighted by Crippen LogP contribution is 2.25. The molecule has 1 atom stereocenters. The van der Waals surface area contributed by atoms with E-state index in [9.17, 15) is 13.2 Å². The summed E-state index contributed by atoms with van der Waals surface area (Å²) in [6.45, 7) is 1.17. The van der Waals surface area contributed by atoms with E-state index < -0.39 is 10.0 Å². The van der Waals surface area contributed by atoms with E-state index in [1.54, 1.807) is 23.5 Å². The molecule has 0 saturated carbocycles. The molecular weight excluding hydrogens is 460 g/mol. The van der Waals surface area contributed by atoms with E-state index in [0.29, 0.717) is 30.8 Å². The van der Waals surface area contributed by atoms with Crippen LogP contribution in [0.1, 0.15) is 48.4 Å². The third kappa shape index (κ3) is 6.29. The third-order valence-electron chi connectivity index (χ3n) is 6.40. The molecule has 1 N–H and O–H groups in total. The maximum atomic E-state index is 12.9. The number of ether oxygens (including phenoxy) is 1. The van der Waals surface area contributed by atoms with E-state index >= 15 is 0 Å². The van der Waals surface area contributed by atoms with Crippen LogP contribution < -0.4 is 10.1 Å². The first kappa shape index (κ1) is 24.9. The van der Waals surface area contributed by atoms with Crippen molar-refractivity contribution in [3.8, 4) is 5.75 Å². The first-order valence-corrected chi connectivity index (χ1v) is 13.5. The Kier molecular flexibility index (Phi) is 8.21. The van der Waals surface area contributed by atoms with Crippen LogP contribution in [0.25, 0.3) is 0 Å². The molecule has 0 radical (unpaired) electrons. The van der Waals surface area contributed by atoms with E-state index in [1.807, 2.05) is 66.7 Å². The molecule has 1 fully saturated rings. The molecule has 3 aromatic carbocycles. The van der Waals surface area contributed by atoms with Gasteiger partial charge in [0.2, 0.25) is 15.9 Å². The first-order valence-electron chi connectivity index (χ1n) is 12.0. The molecule has 1 aliphatic heterocycles. The number of nitrogens with one attached hydrogen (secondary N) is 1. The van der Waals surface area contributed by atoms with Crippen LogP contribution in [0.2, 0.25) is 0 Å². The molecule has 0 aliphatic carbocycles. The van der Waals surface area contributed by atoms with Crippen LogP contribution in [0.4, 0.5) is 0 Å². The number of rotatable bonds is 9. The summed E-state index contributed by atoms with van der Waals surface area (Å²) in [6.07, 6.45) is 3.73. The molecule has 1 aliphatic rings. The lowest BCUT2D eigenvalue weighted by Gasteiger charge is -2.25. The quantitative estimate of drug-likeness (QED) is 0.470. The lowest BCUT2D eigenvalue weighted by atomic mass is 9.98. The topological polar surface area (TPSA) is 75.7 Å². The molecule has 1 amide bonds. The van der Waals surface area contributed by atoms with Gasteiger partial charge in [-0.25, -0.2) is 8.42 Å². The molecule has 0 bridgehead atoms. The summed E-state index contributed by atoms with van der Waals surface area (Å²) < 4.78 is 32.5. The highest BCUT2D eigenvalue weighted by Gasteiger charge is 2.25. The van der Waals surface area contributed by atoms with Gasteiger partial charge < -0.3 is 10.1 Å². The zero-order valence-corrected chi connectivity index (χ0v) is 20.8. The van der Waals surface area contributed by atoms with Crippen molar-refractivity contribution in [1.29, 1.82) is 0 Å². The highest BCUT2D eigenvalue weighted by molar-refractivity contribution is 7.89. The number of hydrogen-bond donors (Lipinski definition) is 1. The number of amides is 1. The summed E-state index contributed by atoms with van der Waals surface area (Å²) in [6, 6.07) is 24.2. The van der Waals surface area contributed by atoms with Crippen molar-refractivity contribution in [2.75, 3.05) is 20.2 Å². The van der Waals surface area contributed by atoms with E-state index in [1.165, 1.54) is 0 Å². The molecule has 0 spiro atoms. The fourth-order valence-corrected chi connectivity index (χ4v) is 5.89. The minimum absolute atomic E-state index is 0.0697. The Morgan fingerprint density at radius 2 is 1.51 bits per heavy atom. The lowest BCUT2D eigenvalue weighted by Crippen LogP contribution is -2.35. The zero-order valence-electron chi connectivity index (χ0n) is 20.0. The maximum absolute atomic E-state index is 12.9. The van der Waals surface area contributed by atoms with Crippen LogP contribution in [0.3, 0.4) is 0 Å². The van der Waals surface area contributed by atoms with Gasteiger partial charge in [-0.15, -0.1) is 0 Å². The van der Waals surface area contributed by atoms with E-state index in [4.69, 9.17) is 4.74 Å². The van der Waals surface area contributed by atoms with Gasteiger partial charge in [-0.2, -0.15) is 4.31 Å². The number of sulfonamides is 1. The SMILES string of the molecule is COc1ccc(C(NC(=O)CCc2ccc(S(=O)(=O)N3CCCCC3)cc2)c2ccccc2)cc1. The molecule has 1 heterocycles. The van der Waals surface area contributed by atoms with Gasteiger partial charge in [0, 0.05) is 19.5 Å². The Bertz CT molecular complexity index is 1200. The molecule has 3 aromatic rings. The van der Waals surface area contributed by atoms with Crippen molar-refractivity contribution in [3.05, 3.63) is 95.6 Å². The molecule has 0 aromatic heterocycles. The predicted octanol–water partition coefficient (Wildman–Crippen LogP) is 4.71. The second kappa shape index (κ2) is 11.5. The second-order valence-corrected chi connectivity index (χ2v) is 10.7. The summed E-state index contributed by atoms with van der Waals surface area (Å²) in [5, 5.41) is 3.15. The van der Waals surface area contributed by atoms with Crippen LogP contribution in [0.5, 0.6) is 5.75 Å². The van der Waals surface area contributed by atoms with Crippen molar-refractivity contribution in [2.24, 2.45) is 0 Å². The Balaban J connectivity index is 1.40. The average molecular weight is 493 g/mol. The van der Waals surface area contributed by atoms with Crippen LogP contribution in [-0.2, 0) is 21.2 Å². The number of benzene rings is 3. The van der Waals surface area contributed by atoms with Crippen LogP contribution in [0.15, 0.2) is 83.8 Å². The first-order chi connectivity index (χ1) is 17.0. The summed E-state index contributed by atoms with van der Waals surface area (Å²) in [4.78, 5) is 13.2. The largest absolute Gasteiger partial charge is 0.497 e. The molecule has 7 heteroatoms. The van der Waals surface area contributed by atoms with Crippen molar-refractivity contribution in [2.45, 2.75) is 43.0 Å². The number of hydrogen-bond acceptors (Lipinski definition) is 4.